The standard InChI is InChI=1S/C14H18Cl2O3Si/c1-14(2,3)8-6-9(12(15)17)11(19-20(4)5)10(7-8)13(16)18/h6-7,20H,1-5H3. The smallest absolute Gasteiger partial charge is 0.256 e. The second-order valence-corrected chi connectivity index (χ2v) is 8.88. The zero-order chi connectivity index (χ0) is 15.7. The fourth-order valence-corrected chi connectivity index (χ4v) is 2.72. The van der Waals surface area contributed by atoms with Crippen molar-refractivity contribution in [2.75, 3.05) is 0 Å². The molecule has 20 heavy (non-hydrogen) atoms. The van der Waals surface area contributed by atoms with Crippen LogP contribution in [0.3, 0.4) is 0 Å². The Labute approximate surface area is 130 Å². The summed E-state index contributed by atoms with van der Waals surface area (Å²) in [5.74, 6) is 0.208. The number of hydrogen-bond acceptors (Lipinski definition) is 3. The maximum absolute atomic E-state index is 11.6. The molecule has 0 heterocycles. The van der Waals surface area contributed by atoms with Crippen LogP contribution in [0.15, 0.2) is 12.1 Å². The summed E-state index contributed by atoms with van der Waals surface area (Å²) >= 11 is 11.3. The monoisotopic (exact) mass is 332 g/mol. The molecule has 3 nitrogen and oxygen atoms in total. The van der Waals surface area contributed by atoms with Crippen LogP contribution in [0, 0.1) is 0 Å². The molecule has 0 amide bonds. The molecule has 0 unspecified atom stereocenters. The molecule has 1 aromatic rings. The molecule has 0 radical (unpaired) electrons. The fourth-order valence-electron chi connectivity index (χ4n) is 1.72. The molecule has 0 aliphatic carbocycles. The van der Waals surface area contributed by atoms with Crippen LogP contribution in [-0.2, 0) is 5.41 Å². The van der Waals surface area contributed by atoms with Crippen LogP contribution in [0.2, 0.25) is 13.1 Å². The number of rotatable bonds is 4. The summed E-state index contributed by atoms with van der Waals surface area (Å²) in [7, 11) is -1.52. The predicted octanol–water partition coefficient (Wildman–Crippen LogP) is 4.10. The van der Waals surface area contributed by atoms with Gasteiger partial charge in [0.15, 0.2) is 0 Å². The van der Waals surface area contributed by atoms with Crippen molar-refractivity contribution in [2.45, 2.75) is 39.3 Å². The molecule has 0 saturated heterocycles. The summed E-state index contributed by atoms with van der Waals surface area (Å²) in [5, 5.41) is -1.31. The first-order valence-electron chi connectivity index (χ1n) is 6.29. The minimum absolute atomic E-state index is 0.198. The maximum atomic E-state index is 11.6. The Kier molecular flexibility index (Phi) is 5.41. The molecule has 0 aromatic heterocycles. The molecule has 110 valence electrons. The highest BCUT2D eigenvalue weighted by Gasteiger charge is 2.25. The number of carbonyl (C=O) groups excluding carboxylic acids is 2. The molecular weight excluding hydrogens is 315 g/mol. The summed E-state index contributed by atoms with van der Waals surface area (Å²) in [4.78, 5) is 23.3. The zero-order valence-electron chi connectivity index (χ0n) is 12.2. The largest absolute Gasteiger partial charge is 0.546 e. The van der Waals surface area contributed by atoms with E-state index in [2.05, 4.69) is 0 Å². The van der Waals surface area contributed by atoms with E-state index in [1.165, 1.54) is 0 Å². The zero-order valence-corrected chi connectivity index (χ0v) is 14.9. The van der Waals surface area contributed by atoms with E-state index in [1.54, 1.807) is 12.1 Å². The quantitative estimate of drug-likeness (QED) is 0.615. The summed E-state index contributed by atoms with van der Waals surface area (Å²) in [6.45, 7) is 9.80. The van der Waals surface area contributed by atoms with Crippen molar-refractivity contribution < 1.29 is 14.0 Å². The van der Waals surface area contributed by atoms with Gasteiger partial charge in [0.25, 0.3) is 10.5 Å². The van der Waals surface area contributed by atoms with Gasteiger partial charge in [0.2, 0.25) is 9.04 Å². The first kappa shape index (κ1) is 17.2. The topological polar surface area (TPSA) is 43.4 Å². The van der Waals surface area contributed by atoms with E-state index in [0.29, 0.717) is 0 Å². The Bertz CT molecular complexity index is 513. The Morgan fingerprint density at radius 3 is 1.70 bits per heavy atom. The van der Waals surface area contributed by atoms with Gasteiger partial charge >= 0.3 is 0 Å². The third-order valence-corrected chi connectivity index (χ3v) is 3.85. The molecule has 0 spiro atoms. The highest BCUT2D eigenvalue weighted by atomic mass is 35.5. The fraction of sp³-hybridized carbons (Fsp3) is 0.429. The van der Waals surface area contributed by atoms with Crippen LogP contribution < -0.4 is 4.43 Å². The van der Waals surface area contributed by atoms with Gasteiger partial charge in [-0.1, -0.05) is 20.8 Å². The molecule has 0 bridgehead atoms. The number of carbonyl (C=O) groups is 2. The molecule has 6 heteroatoms. The van der Waals surface area contributed by atoms with Gasteiger partial charge in [-0.05, 0) is 59.4 Å². The van der Waals surface area contributed by atoms with E-state index in [9.17, 15) is 9.59 Å². The Morgan fingerprint density at radius 1 is 1.05 bits per heavy atom. The molecule has 0 N–H and O–H groups in total. The molecule has 1 rings (SSSR count). The van der Waals surface area contributed by atoms with Crippen molar-refractivity contribution in [3.05, 3.63) is 28.8 Å². The minimum atomic E-state index is -1.52. The van der Waals surface area contributed by atoms with Crippen LogP contribution in [0.1, 0.15) is 47.1 Å². The first-order chi connectivity index (χ1) is 9.04. The van der Waals surface area contributed by atoms with Crippen molar-refractivity contribution in [3.63, 3.8) is 0 Å². The van der Waals surface area contributed by atoms with Gasteiger partial charge in [-0.15, -0.1) is 0 Å². The molecular formula is C14H18Cl2O3Si. The van der Waals surface area contributed by atoms with Crippen molar-refractivity contribution in [1.82, 2.24) is 0 Å². The summed E-state index contributed by atoms with van der Waals surface area (Å²) in [6.07, 6.45) is 0. The van der Waals surface area contributed by atoms with E-state index in [-0.39, 0.29) is 22.3 Å². The average molecular weight is 333 g/mol. The van der Waals surface area contributed by atoms with E-state index in [4.69, 9.17) is 27.6 Å². The van der Waals surface area contributed by atoms with Gasteiger partial charge < -0.3 is 4.43 Å². The van der Waals surface area contributed by atoms with Gasteiger partial charge in [0.05, 0.1) is 11.1 Å². The third kappa shape index (κ3) is 4.07. The number of hydrogen-bond donors (Lipinski definition) is 0. The number of halogens is 2. The van der Waals surface area contributed by atoms with Gasteiger partial charge in [-0.3, -0.25) is 9.59 Å². The highest BCUT2D eigenvalue weighted by molar-refractivity contribution is 6.70. The molecule has 0 aliphatic heterocycles. The van der Waals surface area contributed by atoms with E-state index >= 15 is 0 Å². The summed E-state index contributed by atoms with van der Waals surface area (Å²) < 4.78 is 5.70. The van der Waals surface area contributed by atoms with Crippen molar-refractivity contribution >= 4 is 42.7 Å². The average Bonchev–Trinajstić information content (AvgIpc) is 2.25. The van der Waals surface area contributed by atoms with Crippen LogP contribution in [-0.4, -0.2) is 19.5 Å². The van der Waals surface area contributed by atoms with Gasteiger partial charge in [0.1, 0.15) is 5.75 Å². The molecule has 0 aliphatic rings. The Morgan fingerprint density at radius 2 is 1.45 bits per heavy atom. The Balaban J connectivity index is 3.63. The lowest BCUT2D eigenvalue weighted by molar-refractivity contribution is 0.107. The molecule has 0 fully saturated rings. The molecule has 0 atom stereocenters. The van der Waals surface area contributed by atoms with Crippen molar-refractivity contribution in [3.8, 4) is 5.75 Å². The predicted molar refractivity (Wildman–Crippen MR) is 85.0 cm³/mol. The second kappa shape index (κ2) is 6.29. The first-order valence-corrected chi connectivity index (χ1v) is 9.82. The van der Waals surface area contributed by atoms with Gasteiger partial charge in [-0.2, -0.15) is 0 Å². The van der Waals surface area contributed by atoms with E-state index in [1.807, 2.05) is 33.9 Å². The van der Waals surface area contributed by atoms with Crippen LogP contribution in [0.25, 0.3) is 0 Å². The highest BCUT2D eigenvalue weighted by Crippen LogP contribution is 2.34. The summed E-state index contributed by atoms with van der Waals surface area (Å²) in [6, 6.07) is 3.34. The molecule has 0 saturated carbocycles. The SMILES string of the molecule is C[SiH](C)Oc1c(C(=O)Cl)cc(C(C)(C)C)cc1C(=O)Cl. The van der Waals surface area contributed by atoms with E-state index < -0.39 is 19.5 Å². The van der Waals surface area contributed by atoms with Crippen molar-refractivity contribution in [2.24, 2.45) is 0 Å². The van der Waals surface area contributed by atoms with Crippen molar-refractivity contribution in [1.29, 1.82) is 0 Å². The van der Waals surface area contributed by atoms with Gasteiger partial charge in [-0.25, -0.2) is 0 Å². The van der Waals surface area contributed by atoms with Crippen LogP contribution in [0.5, 0.6) is 5.75 Å². The minimum Gasteiger partial charge on any atom is -0.546 e. The molecule has 1 aromatic carbocycles. The van der Waals surface area contributed by atoms with Crippen LogP contribution >= 0.6 is 23.2 Å². The maximum Gasteiger partial charge on any atom is 0.256 e. The van der Waals surface area contributed by atoms with Crippen LogP contribution in [0.4, 0.5) is 0 Å². The third-order valence-electron chi connectivity index (χ3n) is 2.73. The lowest BCUT2D eigenvalue weighted by atomic mass is 9.85. The second-order valence-electron chi connectivity index (χ2n) is 5.86. The normalized spacial score (nSPS) is 11.6. The lowest BCUT2D eigenvalue weighted by Gasteiger charge is -2.23. The lowest BCUT2D eigenvalue weighted by Crippen LogP contribution is -2.18. The van der Waals surface area contributed by atoms with E-state index in [0.717, 1.165) is 5.56 Å². The number of benzene rings is 1. The summed E-state index contributed by atoms with van der Waals surface area (Å²) in [5.41, 5.74) is 0.965. The Hall–Kier alpha value is -0.843. The van der Waals surface area contributed by atoms with Gasteiger partial charge in [0, 0.05) is 0 Å².